The molecule has 27 heavy (non-hydrogen) atoms. The molecule has 0 aliphatic carbocycles. The van der Waals surface area contributed by atoms with Gasteiger partial charge in [-0.2, -0.15) is 0 Å². The molecule has 2 N–H and O–H groups in total. The van der Waals surface area contributed by atoms with Crippen molar-refractivity contribution in [2.75, 3.05) is 25.6 Å². The lowest BCUT2D eigenvalue weighted by atomic mass is 10.1. The first-order valence-electron chi connectivity index (χ1n) is 8.72. The van der Waals surface area contributed by atoms with Crippen molar-refractivity contribution < 1.29 is 19.1 Å². The minimum absolute atomic E-state index is 0.0476. The molecule has 1 heterocycles. The molecule has 1 aliphatic heterocycles. The van der Waals surface area contributed by atoms with Crippen LogP contribution in [0.5, 0.6) is 5.75 Å². The van der Waals surface area contributed by atoms with Crippen molar-refractivity contribution in [3.63, 3.8) is 0 Å². The molecule has 6 nitrogen and oxygen atoms in total. The summed E-state index contributed by atoms with van der Waals surface area (Å²) in [6.45, 7) is 1.18. The van der Waals surface area contributed by atoms with Crippen LogP contribution >= 0.6 is 11.6 Å². The van der Waals surface area contributed by atoms with E-state index < -0.39 is 5.91 Å². The molecule has 142 valence electrons. The van der Waals surface area contributed by atoms with E-state index >= 15 is 0 Å². The second-order valence-electron chi connectivity index (χ2n) is 6.19. The van der Waals surface area contributed by atoms with Gasteiger partial charge in [-0.3, -0.25) is 9.59 Å². The van der Waals surface area contributed by atoms with E-state index in [1.807, 2.05) is 0 Å². The van der Waals surface area contributed by atoms with Crippen molar-refractivity contribution in [2.45, 2.75) is 18.9 Å². The Hall–Kier alpha value is -2.57. The summed E-state index contributed by atoms with van der Waals surface area (Å²) in [7, 11) is 1.48. The lowest BCUT2D eigenvalue weighted by Gasteiger charge is -2.14. The molecule has 3 rings (SSSR count). The number of nitrogens with one attached hydrogen (secondary N) is 2. The zero-order valence-corrected chi connectivity index (χ0v) is 15.7. The molecule has 1 atom stereocenters. The molecule has 0 spiro atoms. The number of anilines is 1. The number of benzene rings is 2. The first-order valence-corrected chi connectivity index (χ1v) is 9.10. The van der Waals surface area contributed by atoms with Gasteiger partial charge in [-0.1, -0.05) is 23.7 Å². The summed E-state index contributed by atoms with van der Waals surface area (Å²) in [6.07, 6.45) is 1.99. The predicted molar refractivity (Wildman–Crippen MR) is 104 cm³/mol. The molecular weight excluding hydrogens is 368 g/mol. The average Bonchev–Trinajstić information content (AvgIpc) is 3.20. The third kappa shape index (κ3) is 4.78. The van der Waals surface area contributed by atoms with Gasteiger partial charge in [0.2, 0.25) is 0 Å². The maximum Gasteiger partial charge on any atom is 0.259 e. The summed E-state index contributed by atoms with van der Waals surface area (Å²) in [5, 5.41) is 6.05. The molecule has 1 aliphatic rings. The molecule has 1 saturated heterocycles. The molecule has 2 amide bonds. The number of hydrogen-bond donors (Lipinski definition) is 2. The summed E-state index contributed by atoms with van der Waals surface area (Å²) >= 11 is 5.99. The van der Waals surface area contributed by atoms with Gasteiger partial charge >= 0.3 is 0 Å². The number of para-hydroxylation sites is 1. The Morgan fingerprint density at radius 2 is 2.00 bits per heavy atom. The molecule has 0 bridgehead atoms. The van der Waals surface area contributed by atoms with Crippen LogP contribution in [-0.2, 0) is 4.74 Å². The fourth-order valence-corrected chi connectivity index (χ4v) is 3.12. The summed E-state index contributed by atoms with van der Waals surface area (Å²) in [5.41, 5.74) is 1.08. The molecule has 1 fully saturated rings. The van der Waals surface area contributed by atoms with Gasteiger partial charge in [0.1, 0.15) is 5.75 Å². The van der Waals surface area contributed by atoms with Gasteiger partial charge in [-0.15, -0.1) is 0 Å². The predicted octanol–water partition coefficient (Wildman–Crippen LogP) is 3.51. The molecular formula is C20H21ClN2O4. The lowest BCUT2D eigenvalue weighted by Crippen LogP contribution is -2.32. The lowest BCUT2D eigenvalue weighted by molar-refractivity contribution is 0.0858. The number of carbonyl (C=O) groups excluding carboxylic acids is 2. The maximum atomic E-state index is 12.7. The zero-order valence-electron chi connectivity index (χ0n) is 15.0. The van der Waals surface area contributed by atoms with Crippen LogP contribution in [-0.4, -0.2) is 38.2 Å². The topological polar surface area (TPSA) is 76.7 Å². The van der Waals surface area contributed by atoms with Crippen LogP contribution in [0.2, 0.25) is 5.02 Å². The van der Waals surface area contributed by atoms with Crippen molar-refractivity contribution in [1.82, 2.24) is 5.32 Å². The van der Waals surface area contributed by atoms with E-state index in [0.717, 1.165) is 19.4 Å². The maximum absolute atomic E-state index is 12.7. The Morgan fingerprint density at radius 1 is 1.19 bits per heavy atom. The van der Waals surface area contributed by atoms with Gasteiger partial charge in [0.15, 0.2) is 0 Å². The van der Waals surface area contributed by atoms with Crippen molar-refractivity contribution >= 4 is 29.1 Å². The van der Waals surface area contributed by atoms with E-state index in [1.165, 1.54) is 13.2 Å². The van der Waals surface area contributed by atoms with Crippen molar-refractivity contribution in [3.05, 3.63) is 58.6 Å². The first-order chi connectivity index (χ1) is 13.1. The monoisotopic (exact) mass is 388 g/mol. The minimum atomic E-state index is -0.409. The van der Waals surface area contributed by atoms with Crippen LogP contribution in [0.25, 0.3) is 0 Å². The van der Waals surface area contributed by atoms with Crippen LogP contribution < -0.4 is 15.4 Å². The van der Waals surface area contributed by atoms with Crippen LogP contribution in [0.3, 0.4) is 0 Å². The number of carbonyl (C=O) groups is 2. The van der Waals surface area contributed by atoms with E-state index in [1.54, 1.807) is 36.4 Å². The smallest absolute Gasteiger partial charge is 0.259 e. The molecule has 7 heteroatoms. The first kappa shape index (κ1) is 19.2. The van der Waals surface area contributed by atoms with Gasteiger partial charge in [-0.05, 0) is 43.2 Å². The minimum Gasteiger partial charge on any atom is -0.496 e. The average molecular weight is 389 g/mol. The summed E-state index contributed by atoms with van der Waals surface area (Å²) in [6, 6.07) is 11.6. The highest BCUT2D eigenvalue weighted by atomic mass is 35.5. The summed E-state index contributed by atoms with van der Waals surface area (Å²) < 4.78 is 10.7. The SMILES string of the molecule is COc1ccc(Cl)cc1C(=O)Nc1ccccc1C(=O)NC[C@@H]1CCCO1. The van der Waals surface area contributed by atoms with Gasteiger partial charge < -0.3 is 20.1 Å². The molecule has 0 unspecified atom stereocenters. The molecule has 0 radical (unpaired) electrons. The number of hydrogen-bond acceptors (Lipinski definition) is 4. The molecule has 2 aromatic carbocycles. The van der Waals surface area contributed by atoms with Crippen molar-refractivity contribution in [2.24, 2.45) is 0 Å². The van der Waals surface area contributed by atoms with E-state index in [4.69, 9.17) is 21.1 Å². The molecule has 0 saturated carbocycles. The van der Waals surface area contributed by atoms with E-state index in [-0.39, 0.29) is 12.0 Å². The molecule has 2 aromatic rings. The van der Waals surface area contributed by atoms with E-state index in [0.29, 0.717) is 34.1 Å². The highest BCUT2D eigenvalue weighted by Crippen LogP contribution is 2.24. The second-order valence-corrected chi connectivity index (χ2v) is 6.63. The third-order valence-electron chi connectivity index (χ3n) is 4.34. The summed E-state index contributed by atoms with van der Waals surface area (Å²) in [5.74, 6) is -0.273. The quantitative estimate of drug-likeness (QED) is 0.793. The van der Waals surface area contributed by atoms with Crippen LogP contribution in [0, 0.1) is 0 Å². The van der Waals surface area contributed by atoms with Gasteiger partial charge in [0.05, 0.1) is 30.0 Å². The Kier molecular flexibility index (Phi) is 6.32. The fourth-order valence-electron chi connectivity index (χ4n) is 2.94. The largest absolute Gasteiger partial charge is 0.496 e. The standard InChI is InChI=1S/C20H21ClN2O4/c1-26-18-9-8-13(21)11-16(18)20(25)23-17-7-3-2-6-15(17)19(24)22-12-14-5-4-10-27-14/h2-3,6-9,11,14H,4-5,10,12H2,1H3,(H,22,24)(H,23,25)/t14-/m0/s1. The Morgan fingerprint density at radius 3 is 2.74 bits per heavy atom. The second kappa shape index (κ2) is 8.88. The van der Waals surface area contributed by atoms with Gasteiger partial charge in [0.25, 0.3) is 11.8 Å². The highest BCUT2D eigenvalue weighted by molar-refractivity contribution is 6.31. The zero-order chi connectivity index (χ0) is 19.2. The van der Waals surface area contributed by atoms with Crippen LogP contribution in [0.4, 0.5) is 5.69 Å². The fraction of sp³-hybridized carbons (Fsp3) is 0.300. The van der Waals surface area contributed by atoms with E-state index in [9.17, 15) is 9.59 Å². The van der Waals surface area contributed by atoms with Crippen LogP contribution in [0.1, 0.15) is 33.6 Å². The van der Waals surface area contributed by atoms with Crippen molar-refractivity contribution in [3.8, 4) is 5.75 Å². The van der Waals surface area contributed by atoms with Gasteiger partial charge in [0, 0.05) is 18.2 Å². The summed E-state index contributed by atoms with van der Waals surface area (Å²) in [4.78, 5) is 25.2. The number of halogens is 1. The third-order valence-corrected chi connectivity index (χ3v) is 4.58. The number of rotatable bonds is 6. The van der Waals surface area contributed by atoms with E-state index in [2.05, 4.69) is 10.6 Å². The number of ether oxygens (including phenoxy) is 2. The highest BCUT2D eigenvalue weighted by Gasteiger charge is 2.19. The van der Waals surface area contributed by atoms with Crippen LogP contribution in [0.15, 0.2) is 42.5 Å². The Bertz CT molecular complexity index is 834. The molecule has 0 aromatic heterocycles. The Balaban J connectivity index is 1.74. The number of amides is 2. The number of methoxy groups -OCH3 is 1. The normalized spacial score (nSPS) is 16.0. The van der Waals surface area contributed by atoms with Crippen molar-refractivity contribution in [1.29, 1.82) is 0 Å². The Labute approximate surface area is 162 Å². The van der Waals surface area contributed by atoms with Gasteiger partial charge in [-0.25, -0.2) is 0 Å².